The predicted octanol–water partition coefficient (Wildman–Crippen LogP) is -0.335. The third-order valence-electron chi connectivity index (χ3n) is 4.42. The average Bonchev–Trinajstić information content (AvgIpc) is 2.98. The Balaban J connectivity index is 0. The molecule has 0 aromatic heterocycles. The van der Waals surface area contributed by atoms with Gasteiger partial charge in [-0.3, -0.25) is 0 Å². The van der Waals surface area contributed by atoms with Gasteiger partial charge in [0.05, 0.1) is 21.2 Å². The van der Waals surface area contributed by atoms with E-state index >= 15 is 0 Å². The molecule has 0 heterocycles. The minimum atomic E-state index is -4.39. The largest absolute Gasteiger partial charge is 1.00 e. The third kappa shape index (κ3) is 18.0. The maximum absolute atomic E-state index is 10.7. The summed E-state index contributed by atoms with van der Waals surface area (Å²) in [4.78, 5) is 7.78. The van der Waals surface area contributed by atoms with Crippen molar-refractivity contribution in [2.24, 2.45) is 9.98 Å². The summed E-state index contributed by atoms with van der Waals surface area (Å²) in [6.07, 6.45) is 3.22. The van der Waals surface area contributed by atoms with E-state index in [2.05, 4.69) is 77.5 Å². The normalized spacial score (nSPS) is 10.5. The van der Waals surface area contributed by atoms with Crippen LogP contribution in [0.4, 0.5) is 11.4 Å². The first-order chi connectivity index (χ1) is 19.1. The Morgan fingerprint density at radius 3 is 1.12 bits per heavy atom. The SMILES string of the molecule is O=S(=O)([O-])c1ccc(N=Cc2[c-]cccc2)cc1.O=S(=O)([O-])c1ccc(N=Cc2[c-]cccc2)cc1.[Cl][Pd+].[Cl][Pd+].[Na+].[Na+]. The van der Waals surface area contributed by atoms with Crippen molar-refractivity contribution in [1.82, 2.24) is 0 Å². The summed E-state index contributed by atoms with van der Waals surface area (Å²) < 4.78 is 64.3. The summed E-state index contributed by atoms with van der Waals surface area (Å²) >= 11 is 4.44. The quantitative estimate of drug-likeness (QED) is 0.113. The van der Waals surface area contributed by atoms with E-state index in [1.165, 1.54) is 48.5 Å². The van der Waals surface area contributed by atoms with Crippen molar-refractivity contribution < 1.29 is 121 Å². The summed E-state index contributed by atoms with van der Waals surface area (Å²) in [5.74, 6) is 0. The fraction of sp³-hybridized carbons (Fsp3) is 0. The monoisotopic (exact) mass is 846 g/mol. The second kappa shape index (κ2) is 24.2. The van der Waals surface area contributed by atoms with Gasteiger partial charge in [-0.05, 0) is 61.0 Å². The minimum Gasteiger partial charge on any atom is 1.00 e. The maximum atomic E-state index is 10.7. The zero-order valence-electron chi connectivity index (χ0n) is 21.9. The molecule has 0 aliphatic rings. The molecule has 4 rings (SSSR count). The number of aliphatic imine (C=N–C) groups is 2. The van der Waals surface area contributed by atoms with E-state index in [9.17, 15) is 25.9 Å². The molecular weight excluding hydrogens is 830 g/mol. The zero-order valence-corrected chi connectivity index (χ0v) is 32.2. The Bertz CT molecular complexity index is 1450. The van der Waals surface area contributed by atoms with Crippen LogP contribution >= 0.6 is 19.1 Å². The van der Waals surface area contributed by atoms with Crippen LogP contribution < -0.4 is 59.1 Å². The van der Waals surface area contributed by atoms with Crippen molar-refractivity contribution in [3.05, 3.63) is 120 Å². The molecule has 0 aliphatic heterocycles. The van der Waals surface area contributed by atoms with Crippen LogP contribution in [0.5, 0.6) is 0 Å². The van der Waals surface area contributed by atoms with E-state index in [-0.39, 0.29) is 68.9 Å². The number of nitrogens with zero attached hydrogens (tertiary/aromatic N) is 2. The molecule has 0 bridgehead atoms. The first-order valence-electron chi connectivity index (χ1n) is 10.5. The molecule has 0 saturated heterocycles. The molecule has 0 N–H and O–H groups in total. The second-order valence-corrected chi connectivity index (χ2v) is 9.81. The summed E-state index contributed by atoms with van der Waals surface area (Å²) in [7, 11) is 0.188. The number of hydrogen-bond acceptors (Lipinski definition) is 8. The van der Waals surface area contributed by atoms with Crippen molar-refractivity contribution in [2.75, 3.05) is 0 Å². The van der Waals surface area contributed by atoms with Gasteiger partial charge in [0.15, 0.2) is 0 Å². The van der Waals surface area contributed by atoms with Crippen LogP contribution in [0.3, 0.4) is 0 Å². The summed E-state index contributed by atoms with van der Waals surface area (Å²) in [5.41, 5.74) is 2.77. The Labute approximate surface area is 320 Å². The molecule has 0 amide bonds. The van der Waals surface area contributed by atoms with E-state index in [4.69, 9.17) is 0 Å². The molecule has 0 atom stereocenters. The van der Waals surface area contributed by atoms with Gasteiger partial charge >= 0.3 is 115 Å². The summed E-state index contributed by atoms with van der Waals surface area (Å²) in [5, 5.41) is 0. The van der Waals surface area contributed by atoms with Gasteiger partial charge in [0.25, 0.3) is 0 Å². The van der Waals surface area contributed by atoms with Gasteiger partial charge in [0.1, 0.15) is 20.2 Å². The Morgan fingerprint density at radius 1 is 0.571 bits per heavy atom. The van der Waals surface area contributed by atoms with E-state index in [0.29, 0.717) is 11.4 Å². The molecular formula is C26H18Cl2N2Na2O6Pd2S2. The van der Waals surface area contributed by atoms with Crippen LogP contribution in [0.1, 0.15) is 11.1 Å². The first-order valence-corrected chi connectivity index (χ1v) is 17.3. The van der Waals surface area contributed by atoms with E-state index in [0.717, 1.165) is 11.1 Å². The van der Waals surface area contributed by atoms with Crippen molar-refractivity contribution >= 4 is 63.1 Å². The molecule has 0 radical (unpaired) electrons. The van der Waals surface area contributed by atoms with Crippen LogP contribution in [0.2, 0.25) is 0 Å². The second-order valence-electron chi connectivity index (χ2n) is 7.05. The van der Waals surface area contributed by atoms with Gasteiger partial charge < -0.3 is 19.1 Å². The molecule has 16 heteroatoms. The van der Waals surface area contributed by atoms with Crippen LogP contribution in [0, 0.1) is 12.1 Å². The molecule has 216 valence electrons. The molecule has 0 fully saturated rings. The smallest absolute Gasteiger partial charge is 1.00 e. The van der Waals surface area contributed by atoms with Crippen molar-refractivity contribution in [3.63, 3.8) is 0 Å². The summed E-state index contributed by atoms with van der Waals surface area (Å²) in [6.45, 7) is 0. The van der Waals surface area contributed by atoms with Crippen LogP contribution in [-0.4, -0.2) is 38.4 Å². The Morgan fingerprint density at radius 2 is 0.881 bits per heavy atom. The van der Waals surface area contributed by atoms with Gasteiger partial charge in [0, 0.05) is 0 Å². The van der Waals surface area contributed by atoms with Gasteiger partial charge in [-0.1, -0.05) is 0 Å². The van der Waals surface area contributed by atoms with Crippen LogP contribution in [-0.2, 0) is 56.6 Å². The zero-order chi connectivity index (χ0) is 30.0. The first kappa shape index (κ1) is 44.1. The van der Waals surface area contributed by atoms with Crippen molar-refractivity contribution in [1.29, 1.82) is 0 Å². The fourth-order valence-electron chi connectivity index (χ4n) is 2.66. The molecule has 0 aliphatic carbocycles. The number of rotatable bonds is 6. The predicted molar refractivity (Wildman–Crippen MR) is 146 cm³/mol. The third-order valence-corrected chi connectivity index (χ3v) is 6.12. The van der Waals surface area contributed by atoms with Crippen LogP contribution in [0.25, 0.3) is 0 Å². The minimum absolute atomic E-state index is 0. The molecule has 0 unspecified atom stereocenters. The standard InChI is InChI=1S/2C13H10NO3S.2ClH.2Na.2Pd/c2*15-18(16,17)13-8-6-12(7-9-13)14-10-11-4-2-1-3-5-11;;;;;;/h2*1-4,6-10H,(H,15,16,17);2*1H;;;;/q2*-1;;;2*+1;2*+2/p-4. The van der Waals surface area contributed by atoms with E-state index < -0.39 is 20.2 Å². The van der Waals surface area contributed by atoms with Crippen LogP contribution in [0.15, 0.2) is 117 Å². The maximum Gasteiger partial charge on any atom is 1.00 e. The summed E-state index contributed by atoms with van der Waals surface area (Å²) in [6, 6.07) is 31.5. The van der Waals surface area contributed by atoms with Crippen molar-refractivity contribution in [3.8, 4) is 0 Å². The van der Waals surface area contributed by atoms with E-state index in [1.807, 2.05) is 36.4 Å². The van der Waals surface area contributed by atoms with Gasteiger partial charge in [0.2, 0.25) is 0 Å². The Hall–Kier alpha value is -0.0553. The fourth-order valence-corrected chi connectivity index (χ4v) is 3.60. The number of halogens is 2. The topological polar surface area (TPSA) is 139 Å². The number of benzene rings is 4. The molecule has 4 aromatic rings. The van der Waals surface area contributed by atoms with Crippen molar-refractivity contribution in [2.45, 2.75) is 9.79 Å². The average molecular weight is 848 g/mol. The van der Waals surface area contributed by atoms with Gasteiger partial charge in [-0.2, -0.15) is 0 Å². The molecule has 8 nitrogen and oxygen atoms in total. The van der Waals surface area contributed by atoms with Gasteiger partial charge in [-0.25, -0.2) is 16.8 Å². The Kier molecular flexibility index (Phi) is 25.4. The van der Waals surface area contributed by atoms with Gasteiger partial charge in [-0.15, -0.1) is 71.8 Å². The molecule has 4 aromatic carbocycles. The van der Waals surface area contributed by atoms with E-state index in [1.54, 1.807) is 24.6 Å². The molecule has 42 heavy (non-hydrogen) atoms. The number of hydrogen-bond donors (Lipinski definition) is 0. The molecule has 0 saturated carbocycles. The molecule has 0 spiro atoms.